The largest absolute Gasteiger partial charge is 0.497 e. The molecule has 0 amide bonds. The lowest BCUT2D eigenvalue weighted by Gasteiger charge is -2.08. The summed E-state index contributed by atoms with van der Waals surface area (Å²) in [7, 11) is 6.11. The monoisotopic (exact) mass is 802 g/mol. The van der Waals surface area contributed by atoms with Gasteiger partial charge >= 0.3 is 11.9 Å². The Morgan fingerprint density at radius 1 is 0.600 bits per heavy atom. The number of H-pyrrole nitrogens is 2. The van der Waals surface area contributed by atoms with Crippen LogP contribution in [0.3, 0.4) is 0 Å². The summed E-state index contributed by atoms with van der Waals surface area (Å²) in [6.07, 6.45) is 5.47. The first-order valence-electron chi connectivity index (χ1n) is 19.9. The number of nitrogens with one attached hydrogen (secondary N) is 2. The molecule has 7 rings (SSSR count). The number of fused-ring (bicyclic) bond motifs is 8. The van der Waals surface area contributed by atoms with Crippen LogP contribution in [-0.4, -0.2) is 60.3 Å². The molecule has 8 bridgehead atoms. The van der Waals surface area contributed by atoms with E-state index >= 15 is 0 Å². The number of esters is 2. The molecule has 0 saturated carbocycles. The molecule has 0 spiro atoms. The number of hydrogen-bond acceptors (Lipinski definition) is 8. The summed E-state index contributed by atoms with van der Waals surface area (Å²) < 4.78 is 20.9. The number of carbonyl (C=O) groups excluding carboxylic acids is 2. The molecule has 10 nitrogen and oxygen atoms in total. The van der Waals surface area contributed by atoms with Crippen LogP contribution in [0.1, 0.15) is 95.7 Å². The Kier molecular flexibility index (Phi) is 12.0. The highest BCUT2D eigenvalue weighted by Gasteiger charge is 2.24. The van der Waals surface area contributed by atoms with Crippen LogP contribution >= 0.6 is 0 Å². The van der Waals surface area contributed by atoms with Gasteiger partial charge in [-0.3, -0.25) is 9.59 Å². The number of aromatic nitrogens is 4. The van der Waals surface area contributed by atoms with Gasteiger partial charge in [0.25, 0.3) is 0 Å². The fourth-order valence-electron chi connectivity index (χ4n) is 7.85. The quantitative estimate of drug-likeness (QED) is 0.119. The van der Waals surface area contributed by atoms with E-state index in [-0.39, 0.29) is 24.8 Å². The molecule has 5 heterocycles. The van der Waals surface area contributed by atoms with Crippen LogP contribution in [0, 0.1) is 13.8 Å². The van der Waals surface area contributed by atoms with E-state index in [0.717, 1.165) is 106 Å². The number of benzene rings is 2. The van der Waals surface area contributed by atoms with Crippen LogP contribution in [0.15, 0.2) is 79.4 Å². The average molecular weight is 803 g/mol. The van der Waals surface area contributed by atoms with Crippen LogP contribution in [0.2, 0.25) is 0 Å². The van der Waals surface area contributed by atoms with Crippen molar-refractivity contribution in [2.24, 2.45) is 0 Å². The molecule has 0 unspecified atom stereocenters. The Balaban J connectivity index is 1.55. The van der Waals surface area contributed by atoms with E-state index in [1.807, 2.05) is 68.4 Å². The number of aryl methyl sites for hydroxylation is 2. The van der Waals surface area contributed by atoms with E-state index < -0.39 is 0 Å². The molecule has 3 aromatic heterocycles. The average Bonchev–Trinajstić information content (AvgIpc) is 3.93. The van der Waals surface area contributed by atoms with Crippen molar-refractivity contribution in [3.05, 3.63) is 136 Å². The van der Waals surface area contributed by atoms with Gasteiger partial charge in [-0.2, -0.15) is 0 Å². The summed E-state index contributed by atoms with van der Waals surface area (Å²) in [5, 5.41) is 0. The smallest absolute Gasteiger partial charge is 0.305 e. The van der Waals surface area contributed by atoms with E-state index in [1.54, 1.807) is 14.2 Å². The lowest BCUT2D eigenvalue weighted by atomic mass is 9.96. The Morgan fingerprint density at radius 3 is 1.63 bits per heavy atom. The lowest BCUT2D eigenvalue weighted by Crippen LogP contribution is -2.01. The molecular formula is C50H50N4O6. The van der Waals surface area contributed by atoms with Crippen molar-refractivity contribution in [3.63, 3.8) is 0 Å². The number of methoxy groups -OCH3 is 4. The van der Waals surface area contributed by atoms with Crippen molar-refractivity contribution in [2.75, 3.05) is 28.4 Å². The molecule has 10 heteroatoms. The van der Waals surface area contributed by atoms with Gasteiger partial charge in [0.05, 0.1) is 51.2 Å². The molecule has 0 fully saturated rings. The predicted octanol–water partition coefficient (Wildman–Crippen LogP) is 10.9. The molecule has 2 aliphatic rings. The number of ether oxygens (including phenoxy) is 4. The maximum absolute atomic E-state index is 12.5. The number of carbonyl (C=O) groups is 2. The molecule has 0 saturated heterocycles. The van der Waals surface area contributed by atoms with Gasteiger partial charge in [0.15, 0.2) is 0 Å². The summed E-state index contributed by atoms with van der Waals surface area (Å²) >= 11 is 0. The molecule has 2 aliphatic heterocycles. The highest BCUT2D eigenvalue weighted by atomic mass is 16.5. The van der Waals surface area contributed by atoms with Crippen molar-refractivity contribution in [2.45, 2.75) is 53.4 Å². The number of allylic oxidation sites excluding steroid dienone is 4. The van der Waals surface area contributed by atoms with E-state index in [4.69, 9.17) is 28.9 Å². The first-order chi connectivity index (χ1) is 28.9. The second-order valence-corrected chi connectivity index (χ2v) is 15.0. The third-order valence-electron chi connectivity index (χ3n) is 11.5. The van der Waals surface area contributed by atoms with Crippen molar-refractivity contribution in [1.29, 1.82) is 0 Å². The Bertz CT molecular complexity index is 2780. The van der Waals surface area contributed by atoms with Crippen LogP contribution in [0.25, 0.3) is 62.1 Å². The van der Waals surface area contributed by atoms with Gasteiger partial charge in [0.2, 0.25) is 0 Å². The molecule has 0 atom stereocenters. The van der Waals surface area contributed by atoms with Crippen molar-refractivity contribution >= 4 is 74.0 Å². The number of aromatic amines is 2. The number of hydrogen-bond donors (Lipinski definition) is 2. The number of nitrogens with zero attached hydrogens (tertiary/aromatic N) is 2. The molecule has 5 aromatic rings. The van der Waals surface area contributed by atoms with Crippen molar-refractivity contribution in [3.8, 4) is 11.5 Å². The van der Waals surface area contributed by atoms with Gasteiger partial charge in [-0.25, -0.2) is 9.97 Å². The summed E-state index contributed by atoms with van der Waals surface area (Å²) in [5.74, 6) is 0.947. The minimum atomic E-state index is -0.305. The molecule has 2 aromatic carbocycles. The maximum atomic E-state index is 12.5. The second kappa shape index (κ2) is 17.5. The Morgan fingerprint density at radius 2 is 1.10 bits per heavy atom. The van der Waals surface area contributed by atoms with Gasteiger partial charge in [-0.05, 0) is 139 Å². The topological polar surface area (TPSA) is 128 Å². The standard InChI is InChI=1S/C50H50N4O6/c1-28(34-13-17-36(58-7)18-14-34)50-32(5)43-25-44-37(19-12-33-10-15-35(57-6)16-11-33)29(2)40(51-44)24-41-30(3)38(20-22-48(55)59-8)45(52-41)27-46-39(21-23-49(56)60-9)31(4)42(53-46)26-47(50)54-43/h10-19,24-27,51,54H,1,20-23H2,2-9H3/b19-12+,40-24?,41-24?,42-26?,43-25?,44-25?,45-27?,46-27?,47-26?. The zero-order valence-corrected chi connectivity index (χ0v) is 35.5. The van der Waals surface area contributed by atoms with Gasteiger partial charge in [-0.1, -0.05) is 43.0 Å². The van der Waals surface area contributed by atoms with E-state index in [0.29, 0.717) is 24.2 Å². The van der Waals surface area contributed by atoms with Gasteiger partial charge < -0.3 is 28.9 Å². The van der Waals surface area contributed by atoms with Crippen molar-refractivity contribution in [1.82, 2.24) is 19.9 Å². The third-order valence-corrected chi connectivity index (χ3v) is 11.5. The van der Waals surface area contributed by atoms with Crippen molar-refractivity contribution < 1.29 is 28.5 Å². The minimum absolute atomic E-state index is 0.189. The van der Waals surface area contributed by atoms with E-state index in [9.17, 15) is 9.59 Å². The molecular weight excluding hydrogens is 753 g/mol. The first-order valence-corrected chi connectivity index (χ1v) is 19.9. The predicted molar refractivity (Wildman–Crippen MR) is 241 cm³/mol. The Hall–Kier alpha value is -6.94. The highest BCUT2D eigenvalue weighted by Crippen LogP contribution is 2.39. The highest BCUT2D eigenvalue weighted by molar-refractivity contribution is 5.99. The van der Waals surface area contributed by atoms with Gasteiger partial charge in [0.1, 0.15) is 11.5 Å². The molecule has 0 radical (unpaired) electrons. The fourth-order valence-corrected chi connectivity index (χ4v) is 7.85. The van der Waals surface area contributed by atoms with E-state index in [1.165, 1.54) is 14.2 Å². The maximum Gasteiger partial charge on any atom is 0.305 e. The lowest BCUT2D eigenvalue weighted by molar-refractivity contribution is -0.141. The first kappa shape index (κ1) is 41.2. The minimum Gasteiger partial charge on any atom is -0.497 e. The zero-order chi connectivity index (χ0) is 42.7. The Labute approximate surface area is 350 Å². The second-order valence-electron chi connectivity index (χ2n) is 15.0. The van der Waals surface area contributed by atoms with Gasteiger partial charge in [-0.15, -0.1) is 0 Å². The zero-order valence-electron chi connectivity index (χ0n) is 35.5. The van der Waals surface area contributed by atoms with E-state index in [2.05, 4.69) is 60.7 Å². The summed E-state index contributed by atoms with van der Waals surface area (Å²) in [6, 6.07) is 24.1. The molecule has 0 aliphatic carbocycles. The summed E-state index contributed by atoms with van der Waals surface area (Å²) in [6.45, 7) is 12.9. The van der Waals surface area contributed by atoms with Crippen LogP contribution < -0.4 is 9.47 Å². The normalized spacial score (nSPS) is 12.6. The van der Waals surface area contributed by atoms with Gasteiger partial charge in [0, 0.05) is 46.0 Å². The molecule has 306 valence electrons. The van der Waals surface area contributed by atoms with Crippen LogP contribution in [0.4, 0.5) is 0 Å². The number of rotatable bonds is 12. The fraction of sp³-hybridized carbons (Fsp3) is 0.240. The summed E-state index contributed by atoms with van der Waals surface area (Å²) in [4.78, 5) is 42.8. The molecule has 60 heavy (non-hydrogen) atoms. The third kappa shape index (κ3) is 8.31. The SMILES string of the molecule is C=C(c1ccc(OC)cc1)c1c(C)c2cc3[nH]c(cc4nc(cc5nc(cc1[nH]2)C(C)=C5CCC(=O)OC)C(CCC(=O)OC)=C4C)c(C)c3/C=C/c1ccc(OC)cc1. The van der Waals surface area contributed by atoms with Crippen LogP contribution in [-0.2, 0) is 19.1 Å². The molecule has 2 N–H and O–H groups in total. The summed E-state index contributed by atoms with van der Waals surface area (Å²) in [5.41, 5.74) is 17.1. The van der Waals surface area contributed by atoms with Crippen LogP contribution in [0.5, 0.6) is 11.5 Å².